The van der Waals surface area contributed by atoms with E-state index >= 15 is 0 Å². The van der Waals surface area contributed by atoms with E-state index < -0.39 is 0 Å². The molecule has 0 fully saturated rings. The van der Waals surface area contributed by atoms with Gasteiger partial charge in [-0.2, -0.15) is 0 Å². The van der Waals surface area contributed by atoms with Crippen LogP contribution in [0.2, 0.25) is 0 Å². The third-order valence-electron chi connectivity index (χ3n) is 2.13. The molecule has 0 nitrogen and oxygen atoms in total. The summed E-state index contributed by atoms with van der Waals surface area (Å²) < 4.78 is 0. The summed E-state index contributed by atoms with van der Waals surface area (Å²) in [4.78, 5) is 0. The summed E-state index contributed by atoms with van der Waals surface area (Å²) >= 11 is 3.48. The van der Waals surface area contributed by atoms with Crippen molar-refractivity contribution >= 4 is 15.9 Å². The van der Waals surface area contributed by atoms with Crippen molar-refractivity contribution in [2.45, 2.75) is 32.6 Å². The SMILES string of the molecule is CC(C)(C)c1c[c]ccc1CCBr. The van der Waals surface area contributed by atoms with E-state index in [4.69, 9.17) is 0 Å². The van der Waals surface area contributed by atoms with Crippen LogP contribution in [0, 0.1) is 6.07 Å². The lowest BCUT2D eigenvalue weighted by Crippen LogP contribution is -2.14. The Morgan fingerprint density at radius 3 is 2.62 bits per heavy atom. The lowest BCUT2D eigenvalue weighted by molar-refractivity contribution is 0.583. The number of aryl methyl sites for hydroxylation is 1. The van der Waals surface area contributed by atoms with Gasteiger partial charge in [-0.1, -0.05) is 54.9 Å². The van der Waals surface area contributed by atoms with Crippen LogP contribution in [0.25, 0.3) is 0 Å². The highest BCUT2D eigenvalue weighted by Crippen LogP contribution is 2.25. The lowest BCUT2D eigenvalue weighted by atomic mass is 9.83. The fourth-order valence-corrected chi connectivity index (χ4v) is 1.91. The van der Waals surface area contributed by atoms with Gasteiger partial charge in [0.1, 0.15) is 0 Å². The van der Waals surface area contributed by atoms with Crippen molar-refractivity contribution in [2.24, 2.45) is 0 Å². The van der Waals surface area contributed by atoms with Crippen LogP contribution in [0.5, 0.6) is 0 Å². The van der Waals surface area contributed by atoms with Crippen LogP contribution in [0.4, 0.5) is 0 Å². The average Bonchev–Trinajstić information content (AvgIpc) is 2.04. The van der Waals surface area contributed by atoms with E-state index in [-0.39, 0.29) is 5.41 Å². The zero-order valence-electron chi connectivity index (χ0n) is 8.52. The molecule has 0 N–H and O–H groups in total. The van der Waals surface area contributed by atoms with Crippen molar-refractivity contribution < 1.29 is 0 Å². The molecule has 1 aromatic carbocycles. The van der Waals surface area contributed by atoms with Gasteiger partial charge < -0.3 is 0 Å². The molecule has 0 spiro atoms. The summed E-state index contributed by atoms with van der Waals surface area (Å²) in [5.41, 5.74) is 3.08. The quantitative estimate of drug-likeness (QED) is 0.691. The van der Waals surface area contributed by atoms with E-state index in [2.05, 4.69) is 54.9 Å². The minimum Gasteiger partial charge on any atom is -0.0924 e. The summed E-state index contributed by atoms with van der Waals surface area (Å²) in [6.45, 7) is 6.73. The van der Waals surface area contributed by atoms with E-state index in [0.717, 1.165) is 11.8 Å². The van der Waals surface area contributed by atoms with Crippen molar-refractivity contribution in [1.82, 2.24) is 0 Å². The van der Waals surface area contributed by atoms with Gasteiger partial charge in [0.05, 0.1) is 0 Å². The highest BCUT2D eigenvalue weighted by atomic mass is 79.9. The largest absolute Gasteiger partial charge is 0.0924 e. The Balaban J connectivity index is 3.05. The molecule has 0 bridgehead atoms. The number of rotatable bonds is 2. The van der Waals surface area contributed by atoms with Gasteiger partial charge in [0.15, 0.2) is 0 Å². The Morgan fingerprint density at radius 2 is 2.08 bits per heavy atom. The predicted octanol–water partition coefficient (Wildman–Crippen LogP) is 3.72. The van der Waals surface area contributed by atoms with Gasteiger partial charge in [-0.15, -0.1) is 0 Å². The Hall–Kier alpha value is -0.300. The van der Waals surface area contributed by atoms with Crippen molar-refractivity contribution in [3.8, 4) is 0 Å². The van der Waals surface area contributed by atoms with Crippen LogP contribution in [0.1, 0.15) is 31.9 Å². The lowest BCUT2D eigenvalue weighted by Gasteiger charge is -2.22. The Bertz CT molecular complexity index is 271. The summed E-state index contributed by atoms with van der Waals surface area (Å²) in [5.74, 6) is 0. The Kier molecular flexibility index (Phi) is 3.55. The fourth-order valence-electron chi connectivity index (χ4n) is 1.48. The molecule has 0 unspecified atom stereocenters. The van der Waals surface area contributed by atoms with Crippen molar-refractivity contribution in [2.75, 3.05) is 5.33 Å². The molecule has 0 saturated heterocycles. The Labute approximate surface area is 89.5 Å². The number of alkyl halides is 1. The Morgan fingerprint density at radius 1 is 1.38 bits per heavy atom. The third-order valence-corrected chi connectivity index (χ3v) is 2.52. The van der Waals surface area contributed by atoms with Gasteiger partial charge in [-0.25, -0.2) is 0 Å². The molecular weight excluding hydrogens is 224 g/mol. The number of hydrogen-bond acceptors (Lipinski definition) is 0. The standard InChI is InChI=1S/C12H16Br/c1-12(2,3)11-7-5-4-6-10(11)8-9-13/h4,6-7H,8-9H2,1-3H3. The molecule has 0 aliphatic rings. The van der Waals surface area contributed by atoms with Gasteiger partial charge >= 0.3 is 0 Å². The number of hydrogen-bond donors (Lipinski definition) is 0. The van der Waals surface area contributed by atoms with Crippen LogP contribution < -0.4 is 0 Å². The van der Waals surface area contributed by atoms with E-state index in [1.807, 2.05) is 6.07 Å². The van der Waals surface area contributed by atoms with Gasteiger partial charge in [0.25, 0.3) is 0 Å². The molecule has 0 aromatic heterocycles. The average molecular weight is 240 g/mol. The second kappa shape index (κ2) is 4.28. The van der Waals surface area contributed by atoms with Crippen LogP contribution in [-0.4, -0.2) is 5.33 Å². The van der Waals surface area contributed by atoms with Crippen molar-refractivity contribution in [1.29, 1.82) is 0 Å². The topological polar surface area (TPSA) is 0 Å². The first kappa shape index (κ1) is 10.8. The monoisotopic (exact) mass is 239 g/mol. The van der Waals surface area contributed by atoms with Crippen molar-refractivity contribution in [3.05, 3.63) is 35.4 Å². The minimum atomic E-state index is 0.231. The predicted molar refractivity (Wildman–Crippen MR) is 61.5 cm³/mol. The first-order valence-electron chi connectivity index (χ1n) is 4.61. The summed E-state index contributed by atoms with van der Waals surface area (Å²) in [7, 11) is 0. The van der Waals surface area contributed by atoms with Crippen LogP contribution in [0.3, 0.4) is 0 Å². The third kappa shape index (κ3) is 2.84. The van der Waals surface area contributed by atoms with Gasteiger partial charge in [-0.3, -0.25) is 0 Å². The zero-order chi connectivity index (χ0) is 9.90. The molecule has 0 saturated carbocycles. The van der Waals surface area contributed by atoms with Gasteiger partial charge in [0.2, 0.25) is 0 Å². The molecule has 1 aromatic rings. The summed E-state index contributed by atoms with van der Waals surface area (Å²) in [6, 6.07) is 9.42. The highest BCUT2D eigenvalue weighted by Gasteiger charge is 2.16. The second-order valence-corrected chi connectivity index (χ2v) is 5.07. The van der Waals surface area contributed by atoms with E-state index in [0.29, 0.717) is 0 Å². The molecule has 13 heavy (non-hydrogen) atoms. The van der Waals surface area contributed by atoms with Gasteiger partial charge in [0, 0.05) is 5.33 Å². The molecule has 0 amide bonds. The van der Waals surface area contributed by atoms with E-state index in [1.165, 1.54) is 11.1 Å². The van der Waals surface area contributed by atoms with Crippen LogP contribution >= 0.6 is 15.9 Å². The zero-order valence-corrected chi connectivity index (χ0v) is 10.1. The molecule has 0 atom stereocenters. The fraction of sp³-hybridized carbons (Fsp3) is 0.500. The molecule has 1 heteroatoms. The molecule has 0 aliphatic heterocycles. The summed E-state index contributed by atoms with van der Waals surface area (Å²) in [5, 5.41) is 1.03. The first-order valence-corrected chi connectivity index (χ1v) is 5.73. The molecule has 0 heterocycles. The molecule has 1 rings (SSSR count). The highest BCUT2D eigenvalue weighted by molar-refractivity contribution is 9.09. The second-order valence-electron chi connectivity index (χ2n) is 4.27. The van der Waals surface area contributed by atoms with Crippen molar-refractivity contribution in [3.63, 3.8) is 0 Å². The number of benzene rings is 1. The number of halogens is 1. The first-order chi connectivity index (χ1) is 6.05. The normalized spacial score (nSPS) is 11.7. The molecule has 1 radical (unpaired) electrons. The van der Waals surface area contributed by atoms with E-state index in [1.54, 1.807) is 0 Å². The smallest absolute Gasteiger partial charge is 0.00719 e. The van der Waals surface area contributed by atoms with Crippen LogP contribution in [0.15, 0.2) is 18.2 Å². The minimum absolute atomic E-state index is 0.231. The maximum Gasteiger partial charge on any atom is 0.00719 e. The molecule has 71 valence electrons. The summed E-state index contributed by atoms with van der Waals surface area (Å²) in [6.07, 6.45) is 1.10. The van der Waals surface area contributed by atoms with E-state index in [9.17, 15) is 0 Å². The maximum atomic E-state index is 3.48. The van der Waals surface area contributed by atoms with Gasteiger partial charge in [-0.05, 0) is 29.0 Å². The molecular formula is C12H16Br. The molecule has 0 aliphatic carbocycles. The van der Waals surface area contributed by atoms with Crippen LogP contribution in [-0.2, 0) is 11.8 Å². The maximum absolute atomic E-state index is 3.48.